The number of nitrogens with two attached hydrogens (primary N) is 1. The molecule has 0 spiro atoms. The van der Waals surface area contributed by atoms with Crippen molar-refractivity contribution in [3.8, 4) is 11.5 Å². The molecule has 0 unspecified atom stereocenters. The largest absolute Gasteiger partial charge is 0.457 e. The summed E-state index contributed by atoms with van der Waals surface area (Å²) in [7, 11) is 1.90. The Labute approximate surface area is 111 Å². The van der Waals surface area contributed by atoms with Gasteiger partial charge in [-0.05, 0) is 30.8 Å². The van der Waals surface area contributed by atoms with Crippen molar-refractivity contribution in [3.05, 3.63) is 53.9 Å². The van der Waals surface area contributed by atoms with E-state index < -0.39 is 5.91 Å². The number of amides is 1. The summed E-state index contributed by atoms with van der Waals surface area (Å²) in [5.74, 6) is 0.654. The number of nitrogens with one attached hydrogen (secondary N) is 1. The summed E-state index contributed by atoms with van der Waals surface area (Å²) in [6, 6.07) is 10.9. The second-order valence-electron chi connectivity index (χ2n) is 4.02. The van der Waals surface area contributed by atoms with Crippen LogP contribution < -0.4 is 15.8 Å². The minimum absolute atomic E-state index is 0.185. The van der Waals surface area contributed by atoms with E-state index >= 15 is 0 Å². The summed E-state index contributed by atoms with van der Waals surface area (Å²) in [5, 5.41) is 3.07. The van der Waals surface area contributed by atoms with Gasteiger partial charge in [-0.1, -0.05) is 12.1 Å². The lowest BCUT2D eigenvalue weighted by atomic mass is 10.2. The third-order valence-electron chi connectivity index (χ3n) is 2.52. The molecular formula is C14H15N3O2. The normalized spacial score (nSPS) is 10.2. The average molecular weight is 257 g/mol. The molecule has 5 nitrogen and oxygen atoms in total. The fraction of sp³-hybridized carbons (Fsp3) is 0.143. The molecule has 0 fully saturated rings. The molecule has 0 bridgehead atoms. The van der Waals surface area contributed by atoms with Gasteiger partial charge < -0.3 is 15.8 Å². The first-order chi connectivity index (χ1) is 9.19. The van der Waals surface area contributed by atoms with Gasteiger partial charge in [0, 0.05) is 18.8 Å². The molecule has 0 atom stereocenters. The number of carbonyl (C=O) groups excluding carboxylic acids is 1. The molecule has 0 saturated carbocycles. The molecule has 3 N–H and O–H groups in total. The number of pyridine rings is 1. The SMILES string of the molecule is CNCc1ccc(Oc2ccnc(C(N)=O)c2)cc1. The van der Waals surface area contributed by atoms with E-state index in [2.05, 4.69) is 10.3 Å². The predicted molar refractivity (Wildman–Crippen MR) is 72.0 cm³/mol. The maximum Gasteiger partial charge on any atom is 0.267 e. The molecule has 98 valence electrons. The Bertz CT molecular complexity index is 567. The molecule has 1 amide bonds. The van der Waals surface area contributed by atoms with Crippen LogP contribution in [0.1, 0.15) is 16.1 Å². The van der Waals surface area contributed by atoms with E-state index in [1.54, 1.807) is 6.07 Å². The molecule has 1 aromatic carbocycles. The van der Waals surface area contributed by atoms with Crippen molar-refractivity contribution >= 4 is 5.91 Å². The van der Waals surface area contributed by atoms with E-state index in [0.29, 0.717) is 11.5 Å². The third kappa shape index (κ3) is 3.53. The van der Waals surface area contributed by atoms with Crippen molar-refractivity contribution in [2.24, 2.45) is 5.73 Å². The lowest BCUT2D eigenvalue weighted by Gasteiger charge is -2.07. The number of hydrogen-bond donors (Lipinski definition) is 2. The van der Waals surface area contributed by atoms with Crippen LogP contribution >= 0.6 is 0 Å². The van der Waals surface area contributed by atoms with Crippen molar-refractivity contribution in [2.75, 3.05) is 7.05 Å². The molecule has 19 heavy (non-hydrogen) atoms. The van der Waals surface area contributed by atoms with E-state index in [4.69, 9.17) is 10.5 Å². The Morgan fingerprint density at radius 1 is 1.26 bits per heavy atom. The first kappa shape index (κ1) is 13.0. The summed E-state index contributed by atoms with van der Waals surface area (Å²) >= 11 is 0. The zero-order chi connectivity index (χ0) is 13.7. The summed E-state index contributed by atoms with van der Waals surface area (Å²) < 4.78 is 5.63. The predicted octanol–water partition coefficient (Wildman–Crippen LogP) is 1.69. The minimum atomic E-state index is -0.574. The Hall–Kier alpha value is -2.40. The van der Waals surface area contributed by atoms with Gasteiger partial charge >= 0.3 is 0 Å². The first-order valence-electron chi connectivity index (χ1n) is 5.86. The zero-order valence-electron chi connectivity index (χ0n) is 10.6. The molecule has 2 aromatic rings. The highest BCUT2D eigenvalue weighted by molar-refractivity contribution is 5.91. The van der Waals surface area contributed by atoms with Gasteiger partial charge in [0.1, 0.15) is 17.2 Å². The average Bonchev–Trinajstić information content (AvgIpc) is 2.42. The number of carbonyl (C=O) groups is 1. The van der Waals surface area contributed by atoms with Gasteiger partial charge in [0.2, 0.25) is 0 Å². The van der Waals surface area contributed by atoms with Crippen molar-refractivity contribution in [1.29, 1.82) is 0 Å². The van der Waals surface area contributed by atoms with Gasteiger partial charge in [0.15, 0.2) is 0 Å². The number of primary amides is 1. The number of aromatic nitrogens is 1. The molecule has 0 aliphatic rings. The lowest BCUT2D eigenvalue weighted by Crippen LogP contribution is -2.12. The van der Waals surface area contributed by atoms with Gasteiger partial charge in [-0.2, -0.15) is 0 Å². The monoisotopic (exact) mass is 257 g/mol. The van der Waals surface area contributed by atoms with Crippen molar-refractivity contribution in [3.63, 3.8) is 0 Å². The maximum absolute atomic E-state index is 11.0. The lowest BCUT2D eigenvalue weighted by molar-refractivity contribution is 0.0995. The Morgan fingerprint density at radius 2 is 2.00 bits per heavy atom. The number of nitrogens with zero attached hydrogens (tertiary/aromatic N) is 1. The van der Waals surface area contributed by atoms with Crippen LogP contribution in [-0.2, 0) is 6.54 Å². The van der Waals surface area contributed by atoms with E-state index in [1.807, 2.05) is 31.3 Å². The number of benzene rings is 1. The fourth-order valence-electron chi connectivity index (χ4n) is 1.62. The summed E-state index contributed by atoms with van der Waals surface area (Å²) in [4.78, 5) is 14.9. The third-order valence-corrected chi connectivity index (χ3v) is 2.52. The zero-order valence-corrected chi connectivity index (χ0v) is 10.6. The summed E-state index contributed by atoms with van der Waals surface area (Å²) in [6.45, 7) is 0.807. The molecule has 5 heteroatoms. The van der Waals surface area contributed by atoms with Gasteiger partial charge in [-0.25, -0.2) is 0 Å². The van der Waals surface area contributed by atoms with Crippen LogP contribution in [0.3, 0.4) is 0 Å². The standard InChI is InChI=1S/C14H15N3O2/c1-16-9-10-2-4-11(5-3-10)19-12-6-7-17-13(8-12)14(15)18/h2-8,16H,9H2,1H3,(H2,15,18). The Morgan fingerprint density at radius 3 is 2.63 bits per heavy atom. The molecule has 0 aliphatic carbocycles. The molecule has 2 rings (SSSR count). The first-order valence-corrected chi connectivity index (χ1v) is 5.86. The second-order valence-corrected chi connectivity index (χ2v) is 4.02. The number of hydrogen-bond acceptors (Lipinski definition) is 4. The van der Waals surface area contributed by atoms with Gasteiger partial charge in [-0.15, -0.1) is 0 Å². The quantitative estimate of drug-likeness (QED) is 0.854. The van der Waals surface area contributed by atoms with E-state index in [9.17, 15) is 4.79 Å². The Balaban J connectivity index is 2.12. The van der Waals surface area contributed by atoms with Crippen LogP contribution in [0.15, 0.2) is 42.6 Å². The summed E-state index contributed by atoms with van der Waals surface area (Å²) in [5.41, 5.74) is 6.52. The summed E-state index contributed by atoms with van der Waals surface area (Å²) in [6.07, 6.45) is 1.49. The Kier molecular flexibility index (Phi) is 4.10. The molecule has 0 saturated heterocycles. The van der Waals surface area contributed by atoms with Crippen molar-refractivity contribution in [1.82, 2.24) is 10.3 Å². The molecular weight excluding hydrogens is 242 g/mol. The van der Waals surface area contributed by atoms with Crippen molar-refractivity contribution in [2.45, 2.75) is 6.54 Å². The van der Waals surface area contributed by atoms with Gasteiger partial charge in [-0.3, -0.25) is 9.78 Å². The topological polar surface area (TPSA) is 77.2 Å². The van der Waals surface area contributed by atoms with Gasteiger partial charge in [0.25, 0.3) is 5.91 Å². The van der Waals surface area contributed by atoms with Crippen LogP contribution in [0, 0.1) is 0 Å². The van der Waals surface area contributed by atoms with E-state index in [-0.39, 0.29) is 5.69 Å². The minimum Gasteiger partial charge on any atom is -0.457 e. The smallest absolute Gasteiger partial charge is 0.267 e. The molecule has 1 aromatic heterocycles. The highest BCUT2D eigenvalue weighted by Gasteiger charge is 2.04. The van der Waals surface area contributed by atoms with Crippen LogP contribution in [-0.4, -0.2) is 17.9 Å². The molecule has 0 radical (unpaired) electrons. The number of rotatable bonds is 5. The van der Waals surface area contributed by atoms with Crippen LogP contribution in [0.25, 0.3) is 0 Å². The molecule has 0 aliphatic heterocycles. The van der Waals surface area contributed by atoms with Crippen LogP contribution in [0.5, 0.6) is 11.5 Å². The van der Waals surface area contributed by atoms with Gasteiger partial charge in [0.05, 0.1) is 0 Å². The van der Waals surface area contributed by atoms with Crippen LogP contribution in [0.2, 0.25) is 0 Å². The fourth-order valence-corrected chi connectivity index (χ4v) is 1.62. The highest BCUT2D eigenvalue weighted by atomic mass is 16.5. The number of ether oxygens (including phenoxy) is 1. The maximum atomic E-state index is 11.0. The van der Waals surface area contributed by atoms with Crippen molar-refractivity contribution < 1.29 is 9.53 Å². The highest BCUT2D eigenvalue weighted by Crippen LogP contribution is 2.21. The van der Waals surface area contributed by atoms with E-state index in [1.165, 1.54) is 17.8 Å². The second kappa shape index (κ2) is 5.97. The molecule has 1 heterocycles. The van der Waals surface area contributed by atoms with Crippen LogP contribution in [0.4, 0.5) is 0 Å². The van der Waals surface area contributed by atoms with E-state index in [0.717, 1.165) is 6.54 Å².